The number of methoxy groups -OCH3 is 1. The molecule has 1 aliphatic carbocycles. The number of carbonyl (C=O) groups is 2. The van der Waals surface area contributed by atoms with E-state index in [1.807, 2.05) is 0 Å². The third kappa shape index (κ3) is 7.20. The summed E-state index contributed by atoms with van der Waals surface area (Å²) in [7, 11) is 1.50. The van der Waals surface area contributed by atoms with E-state index >= 15 is 0 Å². The van der Waals surface area contributed by atoms with Gasteiger partial charge in [0.05, 0.1) is 24.1 Å². The third-order valence-electron chi connectivity index (χ3n) is 6.04. The molecule has 1 saturated carbocycles. The Morgan fingerprint density at radius 2 is 1.87 bits per heavy atom. The number of hydrogen-bond donors (Lipinski definition) is 5. The molecule has 204 valence electrons. The van der Waals surface area contributed by atoms with Gasteiger partial charge in [-0.2, -0.15) is 0 Å². The van der Waals surface area contributed by atoms with Crippen LogP contribution in [0.3, 0.4) is 0 Å². The molecule has 0 unspecified atom stereocenters. The van der Waals surface area contributed by atoms with E-state index in [1.165, 1.54) is 23.9 Å². The van der Waals surface area contributed by atoms with Crippen LogP contribution in [0.4, 0.5) is 11.5 Å². The molecule has 1 aromatic heterocycles. The molecule has 0 spiro atoms. The first-order valence-electron chi connectivity index (χ1n) is 12.4. The van der Waals surface area contributed by atoms with E-state index in [9.17, 15) is 14.4 Å². The second-order valence-corrected chi connectivity index (χ2v) is 9.16. The third-order valence-corrected chi connectivity index (χ3v) is 6.04. The van der Waals surface area contributed by atoms with E-state index in [1.54, 1.807) is 36.4 Å². The lowest BCUT2D eigenvalue weighted by Crippen LogP contribution is -2.34. The molecule has 12 nitrogen and oxygen atoms in total. The van der Waals surface area contributed by atoms with Crippen molar-refractivity contribution in [3.63, 3.8) is 0 Å². The van der Waals surface area contributed by atoms with E-state index in [4.69, 9.17) is 26.4 Å². The average molecular weight is 534 g/mol. The van der Waals surface area contributed by atoms with Crippen LogP contribution in [0.15, 0.2) is 53.5 Å². The van der Waals surface area contributed by atoms with E-state index in [2.05, 4.69) is 15.6 Å². The van der Waals surface area contributed by atoms with Gasteiger partial charge in [-0.25, -0.2) is 9.78 Å². The van der Waals surface area contributed by atoms with Gasteiger partial charge < -0.3 is 31.6 Å². The zero-order chi connectivity index (χ0) is 27.9. The lowest BCUT2D eigenvalue weighted by atomic mass is 10.1. The highest BCUT2D eigenvalue weighted by molar-refractivity contribution is 5.95. The van der Waals surface area contributed by atoms with Gasteiger partial charge in [-0.05, 0) is 36.6 Å². The fourth-order valence-corrected chi connectivity index (χ4v) is 3.82. The van der Waals surface area contributed by atoms with Crippen molar-refractivity contribution in [2.45, 2.75) is 32.0 Å². The summed E-state index contributed by atoms with van der Waals surface area (Å²) in [5.74, 6) is -0.889. The fourth-order valence-electron chi connectivity index (χ4n) is 3.82. The monoisotopic (exact) mass is 533 g/mol. The van der Waals surface area contributed by atoms with Crippen molar-refractivity contribution in [2.24, 2.45) is 5.73 Å². The molecule has 0 atom stereocenters. The minimum Gasteiger partial charge on any atom is -0.460 e. The molecular weight excluding hydrogens is 502 g/mol. The van der Waals surface area contributed by atoms with Crippen LogP contribution in [0, 0.1) is 5.41 Å². The summed E-state index contributed by atoms with van der Waals surface area (Å²) in [6, 6.07) is 11.7. The highest BCUT2D eigenvalue weighted by Gasteiger charge is 2.24. The molecule has 0 saturated heterocycles. The normalized spacial score (nSPS) is 12.5. The maximum Gasteiger partial charge on any atom is 0.338 e. The van der Waals surface area contributed by atoms with Crippen LogP contribution >= 0.6 is 0 Å². The van der Waals surface area contributed by atoms with Crippen molar-refractivity contribution >= 4 is 29.2 Å². The lowest BCUT2D eigenvalue weighted by Gasteiger charge is -2.16. The smallest absolute Gasteiger partial charge is 0.338 e. The first-order valence-corrected chi connectivity index (χ1v) is 12.4. The zero-order valence-corrected chi connectivity index (χ0v) is 21.5. The standard InChI is InChI=1S/C27H31N7O5/c1-38-8-9-39-27(37)19-10-18(11-20(28)12-19)22-14-32-25(33-21-6-7-21)26(36)34(22)15-23(35)31-13-16-2-4-17(5-3-16)24(29)30/h2-5,10-12,14,21H,6-9,13,15,28H2,1H3,(H3,29,30)(H,31,35)(H,32,33). The van der Waals surface area contributed by atoms with Crippen molar-refractivity contribution in [3.05, 3.63) is 75.7 Å². The Morgan fingerprint density at radius 3 is 2.54 bits per heavy atom. The predicted molar refractivity (Wildman–Crippen MR) is 146 cm³/mol. The minimum absolute atomic E-state index is 0.0428. The first kappa shape index (κ1) is 27.3. The molecule has 2 aromatic carbocycles. The number of esters is 1. The molecule has 1 fully saturated rings. The molecule has 0 bridgehead atoms. The molecule has 0 radical (unpaired) electrons. The first-order chi connectivity index (χ1) is 18.7. The van der Waals surface area contributed by atoms with Crippen LogP contribution in [0.2, 0.25) is 0 Å². The summed E-state index contributed by atoms with van der Waals surface area (Å²) < 4.78 is 11.4. The Morgan fingerprint density at radius 1 is 1.13 bits per heavy atom. The van der Waals surface area contributed by atoms with Gasteiger partial charge in [0, 0.05) is 36.5 Å². The molecule has 4 rings (SSSR count). The Kier molecular flexibility index (Phi) is 8.56. The Labute approximate surface area is 224 Å². The number of anilines is 2. The molecule has 39 heavy (non-hydrogen) atoms. The summed E-state index contributed by atoms with van der Waals surface area (Å²) in [5.41, 5.74) is 13.7. The molecule has 0 aliphatic heterocycles. The second-order valence-electron chi connectivity index (χ2n) is 9.16. The van der Waals surface area contributed by atoms with Gasteiger partial charge in [0.25, 0.3) is 5.56 Å². The lowest BCUT2D eigenvalue weighted by molar-refractivity contribution is -0.121. The maximum absolute atomic E-state index is 13.4. The highest BCUT2D eigenvalue weighted by Crippen LogP contribution is 2.26. The number of aromatic nitrogens is 2. The largest absolute Gasteiger partial charge is 0.460 e. The zero-order valence-electron chi connectivity index (χ0n) is 21.5. The number of benzene rings is 2. The van der Waals surface area contributed by atoms with Crippen LogP contribution in [0.5, 0.6) is 0 Å². The number of amides is 1. The van der Waals surface area contributed by atoms with Crippen molar-refractivity contribution in [2.75, 3.05) is 31.4 Å². The van der Waals surface area contributed by atoms with Crippen LogP contribution in [0.25, 0.3) is 11.3 Å². The van der Waals surface area contributed by atoms with Crippen LogP contribution < -0.4 is 27.7 Å². The fraction of sp³-hybridized carbons (Fsp3) is 0.296. The molecule has 1 amide bonds. The van der Waals surface area contributed by atoms with Crippen LogP contribution in [0.1, 0.15) is 34.3 Å². The van der Waals surface area contributed by atoms with Gasteiger partial charge in [-0.1, -0.05) is 24.3 Å². The number of ether oxygens (including phenoxy) is 2. The van der Waals surface area contributed by atoms with Gasteiger partial charge >= 0.3 is 5.97 Å². The van der Waals surface area contributed by atoms with Crippen molar-refractivity contribution in [1.29, 1.82) is 5.41 Å². The number of nitrogens with one attached hydrogen (secondary N) is 3. The van der Waals surface area contributed by atoms with Crippen LogP contribution in [-0.2, 0) is 27.4 Å². The highest BCUT2D eigenvalue weighted by atomic mass is 16.6. The van der Waals surface area contributed by atoms with E-state index in [0.717, 1.165) is 18.4 Å². The number of hydrogen-bond acceptors (Lipinski definition) is 9. The van der Waals surface area contributed by atoms with E-state index in [-0.39, 0.29) is 55.2 Å². The second kappa shape index (κ2) is 12.2. The van der Waals surface area contributed by atoms with Crippen molar-refractivity contribution < 1.29 is 19.1 Å². The number of nitrogens with two attached hydrogens (primary N) is 2. The minimum atomic E-state index is -0.594. The van der Waals surface area contributed by atoms with Crippen molar-refractivity contribution in [1.82, 2.24) is 14.9 Å². The van der Waals surface area contributed by atoms with E-state index in [0.29, 0.717) is 16.8 Å². The van der Waals surface area contributed by atoms with Crippen LogP contribution in [-0.4, -0.2) is 53.6 Å². The van der Waals surface area contributed by atoms with Gasteiger partial charge in [0.15, 0.2) is 5.82 Å². The molecule has 12 heteroatoms. The SMILES string of the molecule is COCCOC(=O)c1cc(N)cc(-c2cnc(NC3CC3)c(=O)n2CC(=O)NCc2ccc(C(=N)N)cc2)c1. The number of nitrogens with zero attached hydrogens (tertiary/aromatic N) is 2. The van der Waals surface area contributed by atoms with Crippen molar-refractivity contribution in [3.8, 4) is 11.3 Å². The topological polar surface area (TPSA) is 187 Å². The predicted octanol–water partition coefficient (Wildman–Crippen LogP) is 1.47. The molecule has 3 aromatic rings. The van der Waals surface area contributed by atoms with Gasteiger partial charge in [-0.3, -0.25) is 19.6 Å². The molecule has 1 heterocycles. The average Bonchev–Trinajstić information content (AvgIpc) is 3.74. The number of nitrogen functional groups attached to an aromatic ring is 2. The summed E-state index contributed by atoms with van der Waals surface area (Å²) >= 11 is 0. The molecule has 1 aliphatic rings. The Hall–Kier alpha value is -4.71. The quantitative estimate of drug-likeness (QED) is 0.0755. The number of rotatable bonds is 12. The number of amidine groups is 1. The van der Waals surface area contributed by atoms with Gasteiger partial charge in [0.1, 0.15) is 19.0 Å². The van der Waals surface area contributed by atoms with E-state index < -0.39 is 17.4 Å². The Balaban J connectivity index is 1.59. The van der Waals surface area contributed by atoms with Gasteiger partial charge in [-0.15, -0.1) is 0 Å². The maximum atomic E-state index is 13.4. The summed E-state index contributed by atoms with van der Waals surface area (Å²) in [6.45, 7) is 0.250. The Bertz CT molecular complexity index is 1430. The summed E-state index contributed by atoms with van der Waals surface area (Å²) in [4.78, 5) is 43.2. The molecular formula is C27H31N7O5. The van der Waals surface area contributed by atoms with Gasteiger partial charge in [0.2, 0.25) is 5.91 Å². The number of carbonyl (C=O) groups excluding carboxylic acids is 2. The summed E-state index contributed by atoms with van der Waals surface area (Å²) in [6.07, 6.45) is 3.36. The molecule has 7 N–H and O–H groups in total. The summed E-state index contributed by atoms with van der Waals surface area (Å²) in [5, 5.41) is 13.4.